The van der Waals surface area contributed by atoms with Gasteiger partial charge in [0.05, 0.1) is 12.6 Å². The van der Waals surface area contributed by atoms with Gasteiger partial charge in [-0.05, 0) is 31.0 Å². The number of ether oxygens (including phenoxy) is 2. The highest BCUT2D eigenvalue weighted by atomic mass is 16.5. The minimum Gasteiger partial charge on any atom is -0.490 e. The normalized spacial score (nSPS) is 22.9. The van der Waals surface area contributed by atoms with E-state index < -0.39 is 36.1 Å². The largest absolute Gasteiger partial charge is 0.490 e. The topological polar surface area (TPSA) is 133 Å². The molecule has 30 heavy (non-hydrogen) atoms. The van der Waals surface area contributed by atoms with Crippen molar-refractivity contribution < 1.29 is 23.9 Å². The van der Waals surface area contributed by atoms with Gasteiger partial charge in [0, 0.05) is 6.54 Å². The van der Waals surface area contributed by atoms with Gasteiger partial charge in [-0.25, -0.2) is 9.59 Å². The van der Waals surface area contributed by atoms with Crippen molar-refractivity contribution in [2.24, 2.45) is 5.92 Å². The van der Waals surface area contributed by atoms with Crippen molar-refractivity contribution in [2.45, 2.75) is 38.9 Å². The molecule has 2 aliphatic heterocycles. The molecule has 0 radical (unpaired) electrons. The predicted molar refractivity (Wildman–Crippen MR) is 106 cm³/mol. The van der Waals surface area contributed by atoms with Crippen molar-refractivity contribution in [1.29, 1.82) is 5.26 Å². The first-order valence-corrected chi connectivity index (χ1v) is 9.95. The van der Waals surface area contributed by atoms with Gasteiger partial charge in [0.2, 0.25) is 5.91 Å². The first-order valence-electron chi connectivity index (χ1n) is 9.95. The van der Waals surface area contributed by atoms with Crippen molar-refractivity contribution in [3.63, 3.8) is 0 Å². The summed E-state index contributed by atoms with van der Waals surface area (Å²) in [5.74, 6) is -0.382. The van der Waals surface area contributed by atoms with E-state index in [0.717, 1.165) is 12.8 Å². The Morgan fingerprint density at radius 3 is 2.63 bits per heavy atom. The molecule has 10 nitrogen and oxygen atoms in total. The number of hydrogen-bond donors (Lipinski definition) is 3. The monoisotopic (exact) mass is 415 g/mol. The number of benzene rings is 1. The maximum Gasteiger partial charge on any atom is 0.325 e. The molecule has 0 spiro atoms. The minimum absolute atomic E-state index is 0.134. The number of imide groups is 1. The number of amides is 5. The smallest absolute Gasteiger partial charge is 0.325 e. The van der Waals surface area contributed by atoms with Crippen LogP contribution < -0.4 is 25.4 Å². The molecule has 10 heteroatoms. The van der Waals surface area contributed by atoms with Crippen molar-refractivity contribution in [2.75, 3.05) is 19.8 Å². The van der Waals surface area contributed by atoms with Crippen LogP contribution >= 0.6 is 0 Å². The number of hydrogen-bond acceptors (Lipinski definition) is 6. The number of nitrogens with one attached hydrogen (secondary N) is 3. The lowest BCUT2D eigenvalue weighted by Gasteiger charge is -2.46. The molecule has 0 aromatic heterocycles. The van der Waals surface area contributed by atoms with Gasteiger partial charge in [-0.2, -0.15) is 5.26 Å². The summed E-state index contributed by atoms with van der Waals surface area (Å²) in [4.78, 5) is 38.9. The van der Waals surface area contributed by atoms with E-state index in [0.29, 0.717) is 30.2 Å². The molecule has 2 saturated heterocycles. The van der Waals surface area contributed by atoms with Crippen molar-refractivity contribution in [3.05, 3.63) is 23.8 Å². The Labute approximate surface area is 174 Å². The van der Waals surface area contributed by atoms with Gasteiger partial charge < -0.3 is 25.0 Å². The van der Waals surface area contributed by atoms with Gasteiger partial charge >= 0.3 is 12.1 Å². The third-order valence-electron chi connectivity index (χ3n) is 5.07. The zero-order chi connectivity index (χ0) is 21.7. The highest BCUT2D eigenvalue weighted by Crippen LogP contribution is 2.36. The Hall–Kier alpha value is -3.48. The number of carbonyl (C=O) groups excluding carboxylic acids is 3. The second-order valence-electron chi connectivity index (χ2n) is 6.99. The van der Waals surface area contributed by atoms with E-state index >= 15 is 0 Å². The van der Waals surface area contributed by atoms with Gasteiger partial charge in [-0.1, -0.05) is 19.4 Å². The summed E-state index contributed by atoms with van der Waals surface area (Å²) in [5, 5.41) is 16.7. The summed E-state index contributed by atoms with van der Waals surface area (Å²) in [5.41, 5.74) is 0.632. The van der Waals surface area contributed by atoms with Crippen LogP contribution in [0.15, 0.2) is 18.2 Å². The van der Waals surface area contributed by atoms with Crippen LogP contribution in [0.1, 0.15) is 38.3 Å². The number of nitrogens with zero attached hydrogens (tertiary/aromatic N) is 2. The SMILES string of the molecule is CCCCN1C(=O)NC(=O)C2C(c3ccc(OCC#N)c(OCC)c3)NC(=O)NC21. The summed E-state index contributed by atoms with van der Waals surface area (Å²) in [6, 6.07) is 5.29. The summed E-state index contributed by atoms with van der Waals surface area (Å²) < 4.78 is 11.0. The van der Waals surface area contributed by atoms with Crippen molar-refractivity contribution in [1.82, 2.24) is 20.9 Å². The summed E-state index contributed by atoms with van der Waals surface area (Å²) in [6.45, 7) is 4.48. The van der Waals surface area contributed by atoms with E-state index in [4.69, 9.17) is 14.7 Å². The molecule has 3 rings (SSSR count). The number of fused-ring (bicyclic) bond motifs is 1. The zero-order valence-electron chi connectivity index (χ0n) is 16.9. The molecule has 1 aromatic carbocycles. The molecule has 5 amide bonds. The van der Waals surface area contributed by atoms with Crippen LogP contribution in [0.3, 0.4) is 0 Å². The van der Waals surface area contributed by atoms with Crippen LogP contribution in [0.5, 0.6) is 11.5 Å². The molecule has 2 fully saturated rings. The van der Waals surface area contributed by atoms with Crippen molar-refractivity contribution >= 4 is 18.0 Å². The maximum absolute atomic E-state index is 12.7. The predicted octanol–water partition coefficient (Wildman–Crippen LogP) is 1.64. The molecular formula is C20H25N5O5. The van der Waals surface area contributed by atoms with Crippen LogP contribution in [0, 0.1) is 17.2 Å². The third kappa shape index (κ3) is 4.25. The second kappa shape index (κ2) is 9.35. The van der Waals surface area contributed by atoms with E-state index in [1.54, 1.807) is 18.2 Å². The Balaban J connectivity index is 1.95. The molecule has 2 aliphatic rings. The fourth-order valence-corrected chi connectivity index (χ4v) is 3.71. The van der Waals surface area contributed by atoms with Gasteiger partial charge in [0.1, 0.15) is 18.2 Å². The van der Waals surface area contributed by atoms with Gasteiger partial charge in [0.15, 0.2) is 18.1 Å². The maximum atomic E-state index is 12.7. The van der Waals surface area contributed by atoms with E-state index in [1.165, 1.54) is 4.90 Å². The van der Waals surface area contributed by atoms with E-state index in [9.17, 15) is 14.4 Å². The fourth-order valence-electron chi connectivity index (χ4n) is 3.71. The number of urea groups is 2. The van der Waals surface area contributed by atoms with Gasteiger partial charge in [-0.3, -0.25) is 10.1 Å². The lowest BCUT2D eigenvalue weighted by Crippen LogP contribution is -2.72. The molecule has 3 unspecified atom stereocenters. The minimum atomic E-state index is -0.749. The Bertz CT molecular complexity index is 868. The van der Waals surface area contributed by atoms with Gasteiger partial charge in [0.25, 0.3) is 0 Å². The summed E-state index contributed by atoms with van der Waals surface area (Å²) in [6.07, 6.45) is 0.867. The number of nitriles is 1. The summed E-state index contributed by atoms with van der Waals surface area (Å²) >= 11 is 0. The third-order valence-corrected chi connectivity index (χ3v) is 5.07. The second-order valence-corrected chi connectivity index (χ2v) is 6.99. The molecule has 3 N–H and O–H groups in total. The van der Waals surface area contributed by atoms with Crippen LogP contribution in [-0.2, 0) is 4.79 Å². The zero-order valence-corrected chi connectivity index (χ0v) is 16.9. The van der Waals surface area contributed by atoms with Crippen LogP contribution in [-0.4, -0.2) is 48.8 Å². The Kier molecular flexibility index (Phi) is 6.61. The Morgan fingerprint density at radius 2 is 1.93 bits per heavy atom. The standard InChI is InChI=1S/C20H25N5O5/c1-3-5-9-25-17-15(18(26)24-20(25)28)16(22-19(27)23-17)12-6-7-13(30-10-8-21)14(11-12)29-4-2/h6-7,11,15-17H,3-5,9-10H2,1-2H3,(H2,22,23,27)(H,24,26,28). The first kappa shape index (κ1) is 21.2. The molecule has 0 saturated carbocycles. The number of carbonyl (C=O) groups is 3. The van der Waals surface area contributed by atoms with Crippen LogP contribution in [0.2, 0.25) is 0 Å². The van der Waals surface area contributed by atoms with Gasteiger partial charge in [-0.15, -0.1) is 0 Å². The van der Waals surface area contributed by atoms with Crippen LogP contribution in [0.4, 0.5) is 9.59 Å². The highest BCUT2D eigenvalue weighted by Gasteiger charge is 2.49. The lowest BCUT2D eigenvalue weighted by molar-refractivity contribution is -0.130. The summed E-state index contributed by atoms with van der Waals surface area (Å²) in [7, 11) is 0. The molecule has 2 heterocycles. The lowest BCUT2D eigenvalue weighted by atomic mass is 9.86. The number of rotatable bonds is 8. The fraction of sp³-hybridized carbons (Fsp3) is 0.500. The number of unbranched alkanes of at least 4 members (excludes halogenated alkanes) is 1. The van der Waals surface area contributed by atoms with Crippen molar-refractivity contribution in [3.8, 4) is 17.6 Å². The van der Waals surface area contributed by atoms with E-state index in [2.05, 4.69) is 16.0 Å². The molecular weight excluding hydrogens is 390 g/mol. The first-order chi connectivity index (χ1) is 14.5. The highest BCUT2D eigenvalue weighted by molar-refractivity contribution is 6.00. The molecule has 1 aromatic rings. The average Bonchev–Trinajstić information content (AvgIpc) is 2.72. The molecule has 0 aliphatic carbocycles. The molecule has 0 bridgehead atoms. The van der Waals surface area contributed by atoms with Crippen LogP contribution in [0.25, 0.3) is 0 Å². The molecule has 160 valence electrons. The van der Waals surface area contributed by atoms with E-state index in [1.807, 2.05) is 19.9 Å². The average molecular weight is 415 g/mol. The quantitative estimate of drug-likeness (QED) is 0.591. The van der Waals surface area contributed by atoms with E-state index in [-0.39, 0.29) is 6.61 Å². The molecule has 3 atom stereocenters. The Morgan fingerprint density at radius 1 is 1.13 bits per heavy atom.